The minimum absolute atomic E-state index is 0.133. The maximum atomic E-state index is 7.88. The van der Waals surface area contributed by atoms with Crippen molar-refractivity contribution in [1.29, 1.82) is 0 Å². The summed E-state index contributed by atoms with van der Waals surface area (Å²) >= 11 is 0. The largest absolute Gasteiger partial charge is 0.497 e. The van der Waals surface area contributed by atoms with Crippen molar-refractivity contribution >= 4 is 22.5 Å². The number of benzene rings is 6. The molecule has 0 amide bonds. The standard InChI is InChI=1S/C54H55NO4/c1-35-30-46-45(31-44(35)36-12-20-40(56-6)21-13-36)48-42-10-8-9-11-47(42)53(33-51(2,3)32-52(4,5)34-53)49(48)43-24-25-54(59-50(43)46,38-16-22-41(57-7)23-17-38)37-14-18-39(19-15-37)55-26-28-58-29-27-55/h8-25,30-31H,26-29,32-34H2,1-7H3. The van der Waals surface area contributed by atoms with E-state index in [1.165, 1.54) is 62.0 Å². The maximum absolute atomic E-state index is 7.88. The van der Waals surface area contributed by atoms with Gasteiger partial charge in [-0.2, -0.15) is 0 Å². The average Bonchev–Trinajstić information content (AvgIpc) is 3.50. The number of methoxy groups -OCH3 is 2. The predicted molar refractivity (Wildman–Crippen MR) is 241 cm³/mol. The molecule has 2 aliphatic heterocycles. The van der Waals surface area contributed by atoms with E-state index in [0.717, 1.165) is 72.9 Å². The first kappa shape index (κ1) is 37.7. The summed E-state index contributed by atoms with van der Waals surface area (Å²) in [5.41, 5.74) is 12.9. The SMILES string of the molecule is COc1ccc(-c2cc3c4c(c5c(c3cc2C)OC(c2ccc(OC)cc2)(c2ccc(N3CCOCC3)cc2)C=C5)C2(CC(C)(C)CC(C)(C)C2)c2ccccc2-4)cc1. The Labute approximate surface area is 349 Å². The van der Waals surface area contributed by atoms with Crippen LogP contribution in [0.3, 0.4) is 0 Å². The van der Waals surface area contributed by atoms with Crippen LogP contribution in [0.25, 0.3) is 39.1 Å². The highest BCUT2D eigenvalue weighted by atomic mass is 16.5. The molecule has 2 fully saturated rings. The van der Waals surface area contributed by atoms with E-state index in [4.69, 9.17) is 18.9 Å². The number of hydrogen-bond acceptors (Lipinski definition) is 5. The van der Waals surface area contributed by atoms with Crippen LogP contribution in [0.2, 0.25) is 0 Å². The number of ether oxygens (including phenoxy) is 4. The molecule has 59 heavy (non-hydrogen) atoms. The number of aryl methyl sites for hydroxylation is 1. The molecule has 10 rings (SSSR count). The van der Waals surface area contributed by atoms with Crippen molar-refractivity contribution in [2.24, 2.45) is 10.8 Å². The van der Waals surface area contributed by atoms with Crippen molar-refractivity contribution in [2.75, 3.05) is 45.4 Å². The van der Waals surface area contributed by atoms with E-state index in [9.17, 15) is 0 Å². The van der Waals surface area contributed by atoms with Gasteiger partial charge < -0.3 is 23.8 Å². The molecule has 300 valence electrons. The lowest BCUT2D eigenvalue weighted by Gasteiger charge is -2.52. The summed E-state index contributed by atoms with van der Waals surface area (Å²) in [5, 5.41) is 2.38. The summed E-state index contributed by atoms with van der Waals surface area (Å²) in [5.74, 6) is 2.62. The van der Waals surface area contributed by atoms with Gasteiger partial charge in [-0.25, -0.2) is 0 Å². The van der Waals surface area contributed by atoms with Crippen molar-refractivity contribution in [3.8, 4) is 39.5 Å². The molecular weight excluding hydrogens is 727 g/mol. The van der Waals surface area contributed by atoms with Crippen molar-refractivity contribution in [1.82, 2.24) is 0 Å². The molecular formula is C54H55NO4. The van der Waals surface area contributed by atoms with Gasteiger partial charge in [0.15, 0.2) is 5.60 Å². The van der Waals surface area contributed by atoms with Crippen molar-refractivity contribution in [3.05, 3.63) is 149 Å². The highest BCUT2D eigenvalue weighted by molar-refractivity contribution is 6.10. The van der Waals surface area contributed by atoms with E-state index in [-0.39, 0.29) is 16.2 Å². The molecule has 1 saturated heterocycles. The normalized spacial score (nSPS) is 20.8. The molecule has 0 aromatic heterocycles. The first-order chi connectivity index (χ1) is 28.4. The highest BCUT2D eigenvalue weighted by Crippen LogP contribution is 2.67. The van der Waals surface area contributed by atoms with Crippen LogP contribution in [0.4, 0.5) is 5.69 Å². The Hall–Kier alpha value is -5.52. The first-order valence-electron chi connectivity index (χ1n) is 21.3. The van der Waals surface area contributed by atoms with Crippen LogP contribution in [0.5, 0.6) is 17.2 Å². The molecule has 1 unspecified atom stereocenters. The van der Waals surface area contributed by atoms with E-state index >= 15 is 0 Å². The van der Waals surface area contributed by atoms with Gasteiger partial charge in [0.05, 0.1) is 27.4 Å². The maximum Gasteiger partial charge on any atom is 0.178 e. The Bertz CT molecular complexity index is 2600. The quantitative estimate of drug-likeness (QED) is 0.168. The fourth-order valence-corrected chi connectivity index (χ4v) is 11.9. The van der Waals surface area contributed by atoms with Crippen LogP contribution < -0.4 is 19.1 Å². The predicted octanol–water partition coefficient (Wildman–Crippen LogP) is 12.5. The van der Waals surface area contributed by atoms with Crippen LogP contribution in [0.1, 0.15) is 80.3 Å². The van der Waals surface area contributed by atoms with E-state index in [1.807, 2.05) is 0 Å². The fraction of sp³-hybridized carbons (Fsp3) is 0.333. The molecule has 0 radical (unpaired) electrons. The Morgan fingerprint density at radius 3 is 1.90 bits per heavy atom. The van der Waals surface area contributed by atoms with E-state index in [2.05, 4.69) is 161 Å². The van der Waals surface area contributed by atoms with Gasteiger partial charge in [0.25, 0.3) is 0 Å². The molecule has 6 aromatic rings. The van der Waals surface area contributed by atoms with Crippen LogP contribution in [-0.2, 0) is 15.8 Å². The van der Waals surface area contributed by atoms with Gasteiger partial charge in [0.1, 0.15) is 17.2 Å². The third kappa shape index (κ3) is 6.07. The number of anilines is 1. The zero-order valence-electron chi connectivity index (χ0n) is 35.6. The van der Waals surface area contributed by atoms with E-state index < -0.39 is 5.60 Å². The number of nitrogens with zero attached hydrogens (tertiary/aromatic N) is 1. The van der Waals surface area contributed by atoms with Crippen molar-refractivity contribution < 1.29 is 18.9 Å². The lowest BCUT2D eigenvalue weighted by molar-refractivity contribution is 0.0642. The molecule has 2 aliphatic carbocycles. The molecule has 2 heterocycles. The summed E-state index contributed by atoms with van der Waals surface area (Å²) in [7, 11) is 3.45. The van der Waals surface area contributed by atoms with Gasteiger partial charge in [-0.05, 0) is 136 Å². The average molecular weight is 782 g/mol. The Morgan fingerprint density at radius 1 is 0.644 bits per heavy atom. The van der Waals surface area contributed by atoms with E-state index in [1.54, 1.807) is 14.2 Å². The third-order valence-electron chi connectivity index (χ3n) is 13.7. The summed E-state index contributed by atoms with van der Waals surface area (Å²) in [6, 6.07) is 40.1. The molecule has 5 nitrogen and oxygen atoms in total. The topological polar surface area (TPSA) is 40.2 Å². The van der Waals surface area contributed by atoms with Gasteiger partial charge >= 0.3 is 0 Å². The Kier molecular flexibility index (Phi) is 8.81. The van der Waals surface area contributed by atoms with Crippen LogP contribution in [0.15, 0.2) is 115 Å². The summed E-state index contributed by atoms with van der Waals surface area (Å²) in [6.07, 6.45) is 8.09. The third-order valence-corrected chi connectivity index (χ3v) is 13.7. The van der Waals surface area contributed by atoms with Gasteiger partial charge in [0, 0.05) is 46.3 Å². The summed E-state index contributed by atoms with van der Waals surface area (Å²) in [4.78, 5) is 2.41. The second-order valence-electron chi connectivity index (χ2n) is 19.0. The van der Waals surface area contributed by atoms with Crippen molar-refractivity contribution in [2.45, 2.75) is 64.9 Å². The minimum atomic E-state index is -0.893. The highest BCUT2D eigenvalue weighted by Gasteiger charge is 2.55. The van der Waals surface area contributed by atoms with Crippen molar-refractivity contribution in [3.63, 3.8) is 0 Å². The first-order valence-corrected chi connectivity index (χ1v) is 21.3. The monoisotopic (exact) mass is 781 g/mol. The van der Waals surface area contributed by atoms with Crippen LogP contribution >= 0.6 is 0 Å². The summed E-state index contributed by atoms with van der Waals surface area (Å²) < 4.78 is 24.8. The molecule has 1 spiro atoms. The number of morpholine rings is 1. The second-order valence-corrected chi connectivity index (χ2v) is 19.0. The summed E-state index contributed by atoms with van der Waals surface area (Å²) in [6.45, 7) is 15.4. The fourth-order valence-electron chi connectivity index (χ4n) is 11.9. The molecule has 1 saturated carbocycles. The molecule has 0 N–H and O–H groups in total. The van der Waals surface area contributed by atoms with Gasteiger partial charge in [-0.3, -0.25) is 0 Å². The lowest BCUT2D eigenvalue weighted by Crippen LogP contribution is -2.44. The van der Waals surface area contributed by atoms with Gasteiger partial charge in [0.2, 0.25) is 0 Å². The molecule has 6 aromatic carbocycles. The number of hydrogen-bond donors (Lipinski definition) is 0. The smallest absolute Gasteiger partial charge is 0.178 e. The zero-order chi connectivity index (χ0) is 40.7. The van der Waals surface area contributed by atoms with Gasteiger partial charge in [-0.1, -0.05) is 94.4 Å². The van der Waals surface area contributed by atoms with Crippen LogP contribution in [0, 0.1) is 17.8 Å². The molecule has 0 bridgehead atoms. The molecule has 5 heteroatoms. The zero-order valence-corrected chi connectivity index (χ0v) is 35.6. The Balaban J connectivity index is 1.26. The Morgan fingerprint density at radius 2 is 1.25 bits per heavy atom. The molecule has 4 aliphatic rings. The van der Waals surface area contributed by atoms with E-state index in [0.29, 0.717) is 0 Å². The lowest BCUT2D eigenvalue weighted by atomic mass is 9.52. The van der Waals surface area contributed by atoms with Gasteiger partial charge in [-0.15, -0.1) is 0 Å². The second kappa shape index (κ2) is 13.8. The minimum Gasteiger partial charge on any atom is -0.497 e. The number of fused-ring (bicyclic) bond motifs is 10. The molecule has 1 atom stereocenters. The number of rotatable bonds is 6. The van der Waals surface area contributed by atoms with Crippen LogP contribution in [-0.4, -0.2) is 40.5 Å².